The third-order valence-corrected chi connectivity index (χ3v) is 1.37. The fourth-order valence-electron chi connectivity index (χ4n) is 0.882. The SMILES string of the molecule is COC(OC)C(C)C[N+](=O)[O-]. The molecule has 0 aromatic rings. The van der Waals surface area contributed by atoms with E-state index in [1.807, 2.05) is 0 Å². The molecule has 0 rings (SSSR count). The summed E-state index contributed by atoms with van der Waals surface area (Å²) in [7, 11) is 2.93. The minimum atomic E-state index is -0.486. The first-order valence-electron chi connectivity index (χ1n) is 3.29. The third kappa shape index (κ3) is 3.90. The van der Waals surface area contributed by atoms with E-state index >= 15 is 0 Å². The number of rotatable bonds is 5. The Morgan fingerprint density at radius 3 is 2.18 bits per heavy atom. The summed E-state index contributed by atoms with van der Waals surface area (Å²) in [4.78, 5) is 9.66. The molecule has 0 fully saturated rings. The molecule has 0 bridgehead atoms. The number of methoxy groups -OCH3 is 2. The maximum Gasteiger partial charge on any atom is 0.211 e. The van der Waals surface area contributed by atoms with Crippen LogP contribution in [0.15, 0.2) is 0 Å². The minimum Gasteiger partial charge on any atom is -0.355 e. The maximum atomic E-state index is 10.0. The van der Waals surface area contributed by atoms with E-state index in [9.17, 15) is 10.1 Å². The molecular weight excluding hydrogens is 150 g/mol. The number of hydrogen-bond acceptors (Lipinski definition) is 4. The summed E-state index contributed by atoms with van der Waals surface area (Å²) in [5.74, 6) is -0.222. The molecule has 11 heavy (non-hydrogen) atoms. The lowest BCUT2D eigenvalue weighted by atomic mass is 10.2. The van der Waals surface area contributed by atoms with Crippen LogP contribution in [-0.2, 0) is 9.47 Å². The summed E-state index contributed by atoms with van der Waals surface area (Å²) in [5.41, 5.74) is 0. The quantitative estimate of drug-likeness (QED) is 0.336. The van der Waals surface area contributed by atoms with Gasteiger partial charge in [-0.05, 0) is 0 Å². The van der Waals surface area contributed by atoms with E-state index in [1.54, 1.807) is 6.92 Å². The van der Waals surface area contributed by atoms with Gasteiger partial charge in [-0.25, -0.2) is 0 Å². The van der Waals surface area contributed by atoms with Crippen LogP contribution >= 0.6 is 0 Å². The molecule has 66 valence electrons. The summed E-state index contributed by atoms with van der Waals surface area (Å²) in [6.45, 7) is 1.58. The van der Waals surface area contributed by atoms with E-state index < -0.39 is 6.29 Å². The van der Waals surface area contributed by atoms with Crippen LogP contribution in [0.3, 0.4) is 0 Å². The van der Waals surface area contributed by atoms with Crippen molar-refractivity contribution in [1.82, 2.24) is 0 Å². The normalized spacial score (nSPS) is 13.5. The van der Waals surface area contributed by atoms with Gasteiger partial charge in [-0.2, -0.15) is 0 Å². The third-order valence-electron chi connectivity index (χ3n) is 1.37. The lowest BCUT2D eigenvalue weighted by Crippen LogP contribution is -2.28. The van der Waals surface area contributed by atoms with E-state index in [4.69, 9.17) is 9.47 Å². The molecule has 0 spiro atoms. The van der Waals surface area contributed by atoms with Crippen LogP contribution in [0.4, 0.5) is 0 Å². The van der Waals surface area contributed by atoms with Crippen molar-refractivity contribution in [3.63, 3.8) is 0 Å². The Morgan fingerprint density at radius 2 is 1.91 bits per heavy atom. The first-order chi connectivity index (χ1) is 5.11. The van der Waals surface area contributed by atoms with E-state index in [2.05, 4.69) is 0 Å². The van der Waals surface area contributed by atoms with Crippen LogP contribution in [0.2, 0.25) is 0 Å². The van der Waals surface area contributed by atoms with E-state index in [0.29, 0.717) is 0 Å². The summed E-state index contributed by atoms with van der Waals surface area (Å²) >= 11 is 0. The summed E-state index contributed by atoms with van der Waals surface area (Å²) < 4.78 is 9.67. The molecule has 0 saturated heterocycles. The highest BCUT2D eigenvalue weighted by Crippen LogP contribution is 2.06. The van der Waals surface area contributed by atoms with Gasteiger partial charge < -0.3 is 9.47 Å². The Balaban J connectivity index is 3.78. The molecule has 0 saturated carbocycles. The Labute approximate surface area is 65.4 Å². The van der Waals surface area contributed by atoms with Crippen LogP contribution in [0, 0.1) is 16.0 Å². The van der Waals surface area contributed by atoms with Crippen molar-refractivity contribution in [2.24, 2.45) is 5.92 Å². The summed E-state index contributed by atoms with van der Waals surface area (Å²) in [6, 6.07) is 0. The average Bonchev–Trinajstić information content (AvgIpc) is 1.88. The predicted octanol–water partition coefficient (Wildman–Crippen LogP) is 0.518. The number of hydrogen-bond donors (Lipinski definition) is 0. The van der Waals surface area contributed by atoms with Crippen molar-refractivity contribution in [3.8, 4) is 0 Å². The molecule has 0 aliphatic rings. The molecule has 0 N–H and O–H groups in total. The standard InChI is InChI=1S/C6H13NO4/c1-5(4-7(8)9)6(10-2)11-3/h5-6H,4H2,1-3H3. The number of nitrogens with zero attached hydrogens (tertiary/aromatic N) is 1. The summed E-state index contributed by atoms with van der Waals surface area (Å²) in [6.07, 6.45) is -0.486. The highest BCUT2D eigenvalue weighted by molar-refractivity contribution is 4.53. The highest BCUT2D eigenvalue weighted by atomic mass is 16.7. The predicted molar refractivity (Wildman–Crippen MR) is 38.8 cm³/mol. The van der Waals surface area contributed by atoms with Gasteiger partial charge >= 0.3 is 0 Å². The van der Waals surface area contributed by atoms with Crippen LogP contribution in [0.1, 0.15) is 6.92 Å². The summed E-state index contributed by atoms with van der Waals surface area (Å²) in [5, 5.41) is 10.0. The number of nitro groups is 1. The van der Waals surface area contributed by atoms with E-state index in [0.717, 1.165) is 0 Å². The largest absolute Gasteiger partial charge is 0.355 e. The number of ether oxygens (including phenoxy) is 2. The molecule has 0 amide bonds. The van der Waals surface area contributed by atoms with Gasteiger partial charge in [0.2, 0.25) is 6.54 Å². The highest BCUT2D eigenvalue weighted by Gasteiger charge is 2.20. The van der Waals surface area contributed by atoms with Gasteiger partial charge in [-0.1, -0.05) is 6.92 Å². The Hall–Kier alpha value is -0.680. The van der Waals surface area contributed by atoms with E-state index in [-0.39, 0.29) is 17.4 Å². The van der Waals surface area contributed by atoms with Gasteiger partial charge in [-0.15, -0.1) is 0 Å². The zero-order valence-corrected chi connectivity index (χ0v) is 6.94. The first-order valence-corrected chi connectivity index (χ1v) is 3.29. The molecule has 0 radical (unpaired) electrons. The zero-order valence-electron chi connectivity index (χ0n) is 6.94. The van der Waals surface area contributed by atoms with E-state index in [1.165, 1.54) is 14.2 Å². The molecule has 0 heterocycles. The molecule has 0 aliphatic heterocycles. The topological polar surface area (TPSA) is 61.6 Å². The molecule has 1 unspecified atom stereocenters. The van der Waals surface area contributed by atoms with Crippen molar-refractivity contribution >= 4 is 0 Å². The maximum absolute atomic E-state index is 10.0. The second kappa shape index (κ2) is 5.03. The Kier molecular flexibility index (Phi) is 4.72. The molecule has 1 atom stereocenters. The van der Waals surface area contributed by atoms with Crippen molar-refractivity contribution in [2.45, 2.75) is 13.2 Å². The molecular formula is C6H13NO4. The average molecular weight is 163 g/mol. The molecule has 5 nitrogen and oxygen atoms in total. The van der Waals surface area contributed by atoms with Crippen LogP contribution < -0.4 is 0 Å². The van der Waals surface area contributed by atoms with Crippen molar-refractivity contribution in [3.05, 3.63) is 10.1 Å². The first kappa shape index (κ1) is 10.3. The van der Waals surface area contributed by atoms with Gasteiger partial charge in [0.05, 0.1) is 5.92 Å². The van der Waals surface area contributed by atoms with Gasteiger partial charge in [0.25, 0.3) is 0 Å². The van der Waals surface area contributed by atoms with Crippen LogP contribution in [0.5, 0.6) is 0 Å². The fourth-order valence-corrected chi connectivity index (χ4v) is 0.882. The molecule has 0 aliphatic carbocycles. The minimum absolute atomic E-state index is 0.133. The van der Waals surface area contributed by atoms with Crippen molar-refractivity contribution in [1.29, 1.82) is 0 Å². The fraction of sp³-hybridized carbons (Fsp3) is 1.00. The monoisotopic (exact) mass is 163 g/mol. The smallest absolute Gasteiger partial charge is 0.211 e. The zero-order chi connectivity index (χ0) is 8.85. The Morgan fingerprint density at radius 1 is 1.45 bits per heavy atom. The molecule has 0 aromatic heterocycles. The second-order valence-corrected chi connectivity index (χ2v) is 2.33. The van der Waals surface area contributed by atoms with Crippen LogP contribution in [-0.4, -0.2) is 32.0 Å². The Bertz CT molecular complexity index is 124. The van der Waals surface area contributed by atoms with Crippen LogP contribution in [0.25, 0.3) is 0 Å². The van der Waals surface area contributed by atoms with Crippen molar-refractivity contribution < 1.29 is 14.4 Å². The van der Waals surface area contributed by atoms with Gasteiger partial charge in [0.15, 0.2) is 6.29 Å². The lowest BCUT2D eigenvalue weighted by molar-refractivity contribution is -0.492. The molecule has 5 heteroatoms. The van der Waals surface area contributed by atoms with Gasteiger partial charge in [0.1, 0.15) is 0 Å². The van der Waals surface area contributed by atoms with Crippen molar-refractivity contribution in [2.75, 3.05) is 20.8 Å². The lowest BCUT2D eigenvalue weighted by Gasteiger charge is -2.17. The van der Waals surface area contributed by atoms with Gasteiger partial charge in [-0.3, -0.25) is 10.1 Å². The van der Waals surface area contributed by atoms with Gasteiger partial charge in [0, 0.05) is 19.1 Å². The molecule has 0 aromatic carbocycles. The second-order valence-electron chi connectivity index (χ2n) is 2.33.